The van der Waals surface area contributed by atoms with Crippen LogP contribution in [0.4, 0.5) is 18.0 Å². The van der Waals surface area contributed by atoms with Crippen LogP contribution in [0, 0.1) is 0 Å². The smallest absolute Gasteiger partial charge is 0.416 e. The molecule has 1 aromatic carbocycles. The molecule has 1 heterocycles. The Morgan fingerprint density at radius 3 is 2.45 bits per heavy atom. The molecule has 0 aromatic heterocycles. The van der Waals surface area contributed by atoms with E-state index in [-0.39, 0.29) is 6.04 Å². The molecule has 29 heavy (non-hydrogen) atoms. The van der Waals surface area contributed by atoms with E-state index < -0.39 is 29.4 Å². The van der Waals surface area contributed by atoms with E-state index >= 15 is 0 Å². The van der Waals surface area contributed by atoms with Gasteiger partial charge in [0.25, 0.3) is 0 Å². The van der Waals surface area contributed by atoms with E-state index in [0.29, 0.717) is 50.9 Å². The minimum absolute atomic E-state index is 0.103. The van der Waals surface area contributed by atoms with Crippen LogP contribution in [0.15, 0.2) is 24.3 Å². The summed E-state index contributed by atoms with van der Waals surface area (Å²) >= 11 is 0. The number of likely N-dealkylation sites (tertiary alicyclic amines) is 1. The Kier molecular flexibility index (Phi) is 6.73. The summed E-state index contributed by atoms with van der Waals surface area (Å²) in [7, 11) is 0. The van der Waals surface area contributed by atoms with Crippen molar-refractivity contribution < 1.29 is 28.2 Å². The molecule has 1 atom stereocenters. The van der Waals surface area contributed by atoms with Crippen molar-refractivity contribution in [1.82, 2.24) is 10.2 Å². The third-order valence-electron chi connectivity index (χ3n) is 6.34. The maximum atomic E-state index is 13.2. The van der Waals surface area contributed by atoms with Gasteiger partial charge in [0, 0.05) is 31.6 Å². The van der Waals surface area contributed by atoms with Gasteiger partial charge in [0.2, 0.25) is 0 Å². The summed E-state index contributed by atoms with van der Waals surface area (Å²) in [5, 5.41) is 22.8. The Bertz CT molecular complexity index is 697. The van der Waals surface area contributed by atoms with Crippen LogP contribution in [0.1, 0.15) is 62.0 Å². The maximum absolute atomic E-state index is 13.2. The summed E-state index contributed by atoms with van der Waals surface area (Å²) in [4.78, 5) is 13.0. The van der Waals surface area contributed by atoms with E-state index in [4.69, 9.17) is 5.11 Å². The molecule has 1 saturated heterocycles. The Balaban J connectivity index is 1.79. The summed E-state index contributed by atoms with van der Waals surface area (Å²) < 4.78 is 39.7. The molecule has 0 radical (unpaired) electrons. The minimum atomic E-state index is -4.42. The fraction of sp³-hybridized carbons (Fsp3) is 0.667. The van der Waals surface area contributed by atoms with Crippen molar-refractivity contribution in [3.05, 3.63) is 35.4 Å². The van der Waals surface area contributed by atoms with E-state index in [1.54, 1.807) is 6.07 Å². The van der Waals surface area contributed by atoms with Crippen molar-refractivity contribution in [3.8, 4) is 0 Å². The summed E-state index contributed by atoms with van der Waals surface area (Å²) in [6.45, 7) is 1.77. The molecular weight excluding hydrogens is 385 g/mol. The third kappa shape index (κ3) is 5.63. The molecule has 0 bridgehead atoms. The van der Waals surface area contributed by atoms with Crippen molar-refractivity contribution in [2.75, 3.05) is 19.6 Å². The quantitative estimate of drug-likeness (QED) is 0.675. The summed E-state index contributed by atoms with van der Waals surface area (Å²) in [6.07, 6.45) is -0.203. The Hall–Kier alpha value is -1.80. The zero-order chi connectivity index (χ0) is 21.1. The number of rotatable bonds is 5. The maximum Gasteiger partial charge on any atom is 0.416 e. The number of hydrogen-bond donors (Lipinski definition) is 3. The number of nitrogens with zero attached hydrogens (tertiary/aromatic N) is 1. The predicted molar refractivity (Wildman–Crippen MR) is 103 cm³/mol. The number of amides is 1. The number of alkyl halides is 3. The first-order chi connectivity index (χ1) is 13.7. The van der Waals surface area contributed by atoms with Gasteiger partial charge in [-0.05, 0) is 37.3 Å². The molecule has 162 valence electrons. The number of aliphatic hydroxyl groups is 1. The van der Waals surface area contributed by atoms with Crippen molar-refractivity contribution >= 4 is 6.09 Å². The van der Waals surface area contributed by atoms with Crippen LogP contribution in [-0.4, -0.2) is 52.5 Å². The number of nitrogens with one attached hydrogen (secondary N) is 1. The van der Waals surface area contributed by atoms with E-state index in [0.717, 1.165) is 25.3 Å². The molecule has 8 heteroatoms. The number of hydrogen-bond acceptors (Lipinski definition) is 3. The van der Waals surface area contributed by atoms with Crippen molar-refractivity contribution in [2.24, 2.45) is 0 Å². The largest absolute Gasteiger partial charge is 0.465 e. The van der Waals surface area contributed by atoms with Gasteiger partial charge in [-0.2, -0.15) is 13.2 Å². The van der Waals surface area contributed by atoms with Crippen LogP contribution in [-0.2, 0) is 6.18 Å². The summed E-state index contributed by atoms with van der Waals surface area (Å²) in [5.74, 6) is -0.408. The van der Waals surface area contributed by atoms with Crippen LogP contribution >= 0.6 is 0 Å². The van der Waals surface area contributed by atoms with Crippen LogP contribution in [0.3, 0.4) is 0 Å². The van der Waals surface area contributed by atoms with Gasteiger partial charge in [-0.25, -0.2) is 4.79 Å². The third-order valence-corrected chi connectivity index (χ3v) is 6.34. The SMILES string of the molecule is O=C(O)NC1CCN(CC(c2cccc(C(F)(F)F)c2)C2(O)CCCCC2)CC1. The minimum Gasteiger partial charge on any atom is -0.465 e. The molecule has 1 aliphatic heterocycles. The molecule has 1 amide bonds. The van der Waals surface area contributed by atoms with E-state index in [1.165, 1.54) is 12.1 Å². The van der Waals surface area contributed by atoms with Crippen LogP contribution in [0.25, 0.3) is 0 Å². The zero-order valence-corrected chi connectivity index (χ0v) is 16.4. The lowest BCUT2D eigenvalue weighted by molar-refractivity contribution is -0.137. The second-order valence-corrected chi connectivity index (χ2v) is 8.36. The number of halogens is 3. The lowest BCUT2D eigenvalue weighted by Crippen LogP contribution is -2.49. The summed E-state index contributed by atoms with van der Waals surface area (Å²) in [5.41, 5.74) is -1.18. The predicted octanol–water partition coefficient (Wildman–Crippen LogP) is 4.22. The normalized spacial score (nSPS) is 22.2. The van der Waals surface area contributed by atoms with Gasteiger partial charge in [0.05, 0.1) is 11.2 Å². The molecule has 2 aliphatic rings. The number of carboxylic acid groups (broad SMARTS) is 1. The standard InChI is InChI=1S/C21H29F3N2O3/c22-21(23,24)16-6-4-5-15(13-16)18(20(29)9-2-1-3-10-20)14-26-11-7-17(8-12-26)25-19(27)28/h4-6,13,17-18,25,29H,1-3,7-12,14H2,(H,27,28). The highest BCUT2D eigenvalue weighted by atomic mass is 19.4. The Morgan fingerprint density at radius 2 is 1.86 bits per heavy atom. The van der Waals surface area contributed by atoms with E-state index in [9.17, 15) is 23.1 Å². The molecule has 2 fully saturated rings. The highest BCUT2D eigenvalue weighted by Gasteiger charge is 2.41. The van der Waals surface area contributed by atoms with Crippen molar-refractivity contribution in [1.29, 1.82) is 0 Å². The molecule has 1 aliphatic carbocycles. The average molecular weight is 414 g/mol. The lowest BCUT2D eigenvalue weighted by atomic mass is 9.72. The molecule has 1 saturated carbocycles. The van der Waals surface area contributed by atoms with E-state index in [1.807, 2.05) is 0 Å². The first-order valence-corrected chi connectivity index (χ1v) is 10.3. The number of carbonyl (C=O) groups is 1. The fourth-order valence-electron chi connectivity index (χ4n) is 4.72. The molecule has 0 spiro atoms. The molecule has 3 N–H and O–H groups in total. The van der Waals surface area contributed by atoms with Gasteiger partial charge in [0.15, 0.2) is 0 Å². The topological polar surface area (TPSA) is 72.8 Å². The van der Waals surface area contributed by atoms with Gasteiger partial charge in [-0.3, -0.25) is 0 Å². The van der Waals surface area contributed by atoms with Crippen LogP contribution in [0.5, 0.6) is 0 Å². The van der Waals surface area contributed by atoms with Crippen LogP contribution in [0.2, 0.25) is 0 Å². The number of piperidine rings is 1. The molecule has 5 nitrogen and oxygen atoms in total. The van der Waals surface area contributed by atoms with Crippen molar-refractivity contribution in [3.63, 3.8) is 0 Å². The highest BCUT2D eigenvalue weighted by Crippen LogP contribution is 2.42. The van der Waals surface area contributed by atoms with Crippen LogP contribution < -0.4 is 5.32 Å². The van der Waals surface area contributed by atoms with Gasteiger partial charge < -0.3 is 20.4 Å². The van der Waals surface area contributed by atoms with E-state index in [2.05, 4.69) is 10.2 Å². The lowest BCUT2D eigenvalue weighted by Gasteiger charge is -2.43. The fourth-order valence-corrected chi connectivity index (χ4v) is 4.72. The molecule has 3 rings (SSSR count). The van der Waals surface area contributed by atoms with Gasteiger partial charge in [-0.1, -0.05) is 37.5 Å². The van der Waals surface area contributed by atoms with Crippen molar-refractivity contribution in [2.45, 2.75) is 68.7 Å². The second-order valence-electron chi connectivity index (χ2n) is 8.36. The molecular formula is C21H29F3N2O3. The Morgan fingerprint density at radius 1 is 1.21 bits per heavy atom. The molecule has 1 aromatic rings. The van der Waals surface area contributed by atoms with Gasteiger partial charge >= 0.3 is 12.3 Å². The average Bonchev–Trinajstić information content (AvgIpc) is 2.67. The highest BCUT2D eigenvalue weighted by molar-refractivity contribution is 5.64. The zero-order valence-electron chi connectivity index (χ0n) is 16.4. The second kappa shape index (κ2) is 8.92. The monoisotopic (exact) mass is 414 g/mol. The van der Waals surface area contributed by atoms with Gasteiger partial charge in [0.1, 0.15) is 0 Å². The van der Waals surface area contributed by atoms with Gasteiger partial charge in [-0.15, -0.1) is 0 Å². The summed E-state index contributed by atoms with van der Waals surface area (Å²) in [6, 6.07) is 5.24. The first-order valence-electron chi connectivity index (χ1n) is 10.3. The molecule has 1 unspecified atom stereocenters. The first kappa shape index (κ1) is 21.9. The number of benzene rings is 1. The Labute approximate surface area is 168 Å².